The van der Waals surface area contributed by atoms with E-state index < -0.39 is 5.82 Å². The van der Waals surface area contributed by atoms with Crippen molar-refractivity contribution in [3.63, 3.8) is 0 Å². The molecule has 0 atom stereocenters. The zero-order chi connectivity index (χ0) is 20.9. The molecule has 2 heterocycles. The van der Waals surface area contributed by atoms with Crippen molar-refractivity contribution in [2.45, 2.75) is 0 Å². The standard InChI is InChI=1S/C22H21FN4O3/c1-29-18-8-4-2-6-16(18)22(28)27-12-10-26(11-13-27)20-14-21(25-15-24-20)30-19-9-5-3-7-17(19)23/h2-9,14-15H,10-13H2,1H3. The van der Waals surface area contributed by atoms with Gasteiger partial charge in [0, 0.05) is 32.2 Å². The van der Waals surface area contributed by atoms with E-state index in [0.29, 0.717) is 43.3 Å². The second-order valence-electron chi connectivity index (χ2n) is 6.73. The third-order valence-electron chi connectivity index (χ3n) is 4.91. The first-order chi connectivity index (χ1) is 14.7. The van der Waals surface area contributed by atoms with Gasteiger partial charge in [-0.25, -0.2) is 14.4 Å². The Hall–Kier alpha value is -3.68. The zero-order valence-electron chi connectivity index (χ0n) is 16.5. The van der Waals surface area contributed by atoms with E-state index in [9.17, 15) is 9.18 Å². The zero-order valence-corrected chi connectivity index (χ0v) is 16.5. The highest BCUT2D eigenvalue weighted by atomic mass is 19.1. The van der Waals surface area contributed by atoms with Gasteiger partial charge in [0.1, 0.15) is 17.9 Å². The molecular formula is C22H21FN4O3. The number of piperazine rings is 1. The smallest absolute Gasteiger partial charge is 0.257 e. The van der Waals surface area contributed by atoms with Crippen molar-refractivity contribution in [2.24, 2.45) is 0 Å². The number of benzene rings is 2. The van der Waals surface area contributed by atoms with Crippen LogP contribution >= 0.6 is 0 Å². The van der Waals surface area contributed by atoms with Crippen molar-refractivity contribution < 1.29 is 18.7 Å². The summed E-state index contributed by atoms with van der Waals surface area (Å²) in [7, 11) is 1.56. The van der Waals surface area contributed by atoms with Gasteiger partial charge in [-0.3, -0.25) is 4.79 Å². The molecule has 1 fully saturated rings. The highest BCUT2D eigenvalue weighted by molar-refractivity contribution is 5.97. The molecule has 1 aliphatic heterocycles. The largest absolute Gasteiger partial charge is 0.496 e. The lowest BCUT2D eigenvalue weighted by atomic mass is 10.1. The van der Waals surface area contributed by atoms with Crippen LogP contribution in [0.3, 0.4) is 0 Å². The summed E-state index contributed by atoms with van der Waals surface area (Å²) in [6.45, 7) is 2.31. The summed E-state index contributed by atoms with van der Waals surface area (Å²) >= 11 is 0. The minimum Gasteiger partial charge on any atom is -0.496 e. The molecule has 0 aliphatic carbocycles. The lowest BCUT2D eigenvalue weighted by Gasteiger charge is -2.35. The Morgan fingerprint density at radius 1 is 0.967 bits per heavy atom. The van der Waals surface area contributed by atoms with Crippen LogP contribution in [0.1, 0.15) is 10.4 Å². The third-order valence-corrected chi connectivity index (χ3v) is 4.91. The highest BCUT2D eigenvalue weighted by Gasteiger charge is 2.25. The van der Waals surface area contributed by atoms with Crippen LogP contribution in [0.5, 0.6) is 17.4 Å². The van der Waals surface area contributed by atoms with E-state index in [1.165, 1.54) is 12.4 Å². The van der Waals surface area contributed by atoms with Crippen LogP contribution in [0.2, 0.25) is 0 Å². The average Bonchev–Trinajstić information content (AvgIpc) is 2.80. The van der Waals surface area contributed by atoms with Gasteiger partial charge in [-0.05, 0) is 24.3 Å². The number of aromatic nitrogens is 2. The van der Waals surface area contributed by atoms with Crippen LogP contribution in [-0.2, 0) is 0 Å². The van der Waals surface area contributed by atoms with Crippen LogP contribution in [0.25, 0.3) is 0 Å². The number of methoxy groups -OCH3 is 1. The first kappa shape index (κ1) is 19.6. The van der Waals surface area contributed by atoms with E-state index >= 15 is 0 Å². The van der Waals surface area contributed by atoms with E-state index in [2.05, 4.69) is 9.97 Å². The van der Waals surface area contributed by atoms with Crippen molar-refractivity contribution in [2.75, 3.05) is 38.2 Å². The normalized spacial score (nSPS) is 13.8. The average molecular weight is 408 g/mol. The van der Waals surface area contributed by atoms with E-state index in [4.69, 9.17) is 9.47 Å². The minimum atomic E-state index is -0.457. The van der Waals surface area contributed by atoms with Gasteiger partial charge < -0.3 is 19.3 Å². The topological polar surface area (TPSA) is 67.8 Å². The summed E-state index contributed by atoms with van der Waals surface area (Å²) in [6.07, 6.45) is 1.39. The first-order valence-corrected chi connectivity index (χ1v) is 9.57. The number of hydrogen-bond donors (Lipinski definition) is 0. The van der Waals surface area contributed by atoms with E-state index in [1.54, 1.807) is 48.4 Å². The lowest BCUT2D eigenvalue weighted by Crippen LogP contribution is -2.49. The number of carbonyl (C=O) groups is 1. The number of nitrogens with zero attached hydrogens (tertiary/aromatic N) is 4. The predicted molar refractivity (Wildman–Crippen MR) is 110 cm³/mol. The molecule has 0 radical (unpaired) electrons. The number of rotatable bonds is 5. The molecule has 0 unspecified atom stereocenters. The second kappa shape index (κ2) is 8.77. The fourth-order valence-corrected chi connectivity index (χ4v) is 3.33. The number of carbonyl (C=O) groups excluding carboxylic acids is 1. The maximum absolute atomic E-state index is 13.8. The van der Waals surface area contributed by atoms with Crippen LogP contribution < -0.4 is 14.4 Å². The number of para-hydroxylation sites is 2. The Labute approximate surface area is 173 Å². The van der Waals surface area contributed by atoms with Gasteiger partial charge in [-0.1, -0.05) is 24.3 Å². The van der Waals surface area contributed by atoms with Gasteiger partial charge in [0.2, 0.25) is 5.88 Å². The highest BCUT2D eigenvalue weighted by Crippen LogP contribution is 2.25. The van der Waals surface area contributed by atoms with Crippen LogP contribution in [0.4, 0.5) is 10.2 Å². The molecule has 0 spiro atoms. The van der Waals surface area contributed by atoms with Gasteiger partial charge >= 0.3 is 0 Å². The number of halogens is 1. The molecule has 3 aromatic rings. The maximum atomic E-state index is 13.8. The molecule has 4 rings (SSSR count). The molecule has 1 aliphatic rings. The first-order valence-electron chi connectivity index (χ1n) is 9.57. The predicted octanol–water partition coefficient (Wildman–Crippen LogP) is 3.38. The van der Waals surface area contributed by atoms with Gasteiger partial charge in [-0.2, -0.15) is 0 Å². The Morgan fingerprint density at radius 2 is 1.67 bits per heavy atom. The third kappa shape index (κ3) is 4.17. The van der Waals surface area contributed by atoms with E-state index in [0.717, 1.165) is 0 Å². The Morgan fingerprint density at radius 3 is 2.40 bits per heavy atom. The molecule has 154 valence electrons. The molecule has 0 saturated carbocycles. The quantitative estimate of drug-likeness (QED) is 0.645. The molecule has 1 aromatic heterocycles. The Bertz CT molecular complexity index is 1040. The van der Waals surface area contributed by atoms with Crippen molar-refractivity contribution >= 4 is 11.7 Å². The summed E-state index contributed by atoms with van der Waals surface area (Å²) in [5.74, 6) is 1.09. The van der Waals surface area contributed by atoms with Crippen molar-refractivity contribution in [3.8, 4) is 17.4 Å². The van der Waals surface area contributed by atoms with Crippen molar-refractivity contribution in [1.82, 2.24) is 14.9 Å². The maximum Gasteiger partial charge on any atom is 0.257 e. The van der Waals surface area contributed by atoms with E-state index in [-0.39, 0.29) is 17.5 Å². The lowest BCUT2D eigenvalue weighted by molar-refractivity contribution is 0.0743. The number of amides is 1. The number of anilines is 1. The van der Waals surface area contributed by atoms with Gasteiger partial charge in [0.15, 0.2) is 11.6 Å². The molecule has 2 aromatic carbocycles. The molecule has 8 heteroatoms. The molecule has 0 N–H and O–H groups in total. The second-order valence-corrected chi connectivity index (χ2v) is 6.73. The van der Waals surface area contributed by atoms with Crippen molar-refractivity contribution in [3.05, 3.63) is 72.3 Å². The summed E-state index contributed by atoms with van der Waals surface area (Å²) in [5.41, 5.74) is 0.552. The van der Waals surface area contributed by atoms with Crippen LogP contribution in [0, 0.1) is 5.82 Å². The monoisotopic (exact) mass is 408 g/mol. The fraction of sp³-hybridized carbons (Fsp3) is 0.227. The summed E-state index contributed by atoms with van der Waals surface area (Å²) in [6, 6.07) is 15.0. The van der Waals surface area contributed by atoms with Crippen LogP contribution in [0.15, 0.2) is 60.9 Å². The van der Waals surface area contributed by atoms with Gasteiger partial charge in [0.25, 0.3) is 5.91 Å². The SMILES string of the molecule is COc1ccccc1C(=O)N1CCN(c2cc(Oc3ccccc3F)ncn2)CC1. The molecule has 0 bridgehead atoms. The number of ether oxygens (including phenoxy) is 2. The molecule has 1 amide bonds. The minimum absolute atomic E-state index is 0.0571. The molecular weight excluding hydrogens is 387 g/mol. The van der Waals surface area contributed by atoms with Gasteiger partial charge in [0.05, 0.1) is 12.7 Å². The van der Waals surface area contributed by atoms with Crippen LogP contribution in [-0.4, -0.2) is 54.1 Å². The summed E-state index contributed by atoms with van der Waals surface area (Å²) in [5, 5.41) is 0. The summed E-state index contributed by atoms with van der Waals surface area (Å²) < 4.78 is 24.7. The van der Waals surface area contributed by atoms with E-state index in [1.807, 2.05) is 17.0 Å². The molecule has 1 saturated heterocycles. The molecule has 30 heavy (non-hydrogen) atoms. The summed E-state index contributed by atoms with van der Waals surface area (Å²) in [4.78, 5) is 25.1. The molecule has 7 nitrogen and oxygen atoms in total. The van der Waals surface area contributed by atoms with Crippen molar-refractivity contribution in [1.29, 1.82) is 0 Å². The Balaban J connectivity index is 1.42. The number of hydrogen-bond acceptors (Lipinski definition) is 6. The van der Waals surface area contributed by atoms with Gasteiger partial charge in [-0.15, -0.1) is 0 Å². The Kier molecular flexibility index (Phi) is 5.74. The fourth-order valence-electron chi connectivity index (χ4n) is 3.33.